The molecule has 0 spiro atoms. The average molecular weight is 436 g/mol. The Morgan fingerprint density at radius 3 is 2.23 bits per heavy atom. The summed E-state index contributed by atoms with van der Waals surface area (Å²) < 4.78 is 2.63. The largest absolute Gasteiger partial charge is 0.369 e. The molecular formula is C25H33N5S. The van der Waals surface area contributed by atoms with Gasteiger partial charge in [0.05, 0.1) is 0 Å². The third kappa shape index (κ3) is 5.43. The molecule has 1 aliphatic heterocycles. The SMILES string of the molecule is CC(C)(C)c1ccc(-c2nc(=S)n(CCCN3CCN(c4ccccc4)CC3)[nH]2)cc1. The Bertz CT molecular complexity index is 1020. The highest BCUT2D eigenvalue weighted by atomic mass is 32.1. The van der Waals surface area contributed by atoms with Crippen LogP contribution >= 0.6 is 12.2 Å². The van der Waals surface area contributed by atoms with E-state index >= 15 is 0 Å². The van der Waals surface area contributed by atoms with Crippen molar-refractivity contribution in [3.8, 4) is 11.4 Å². The van der Waals surface area contributed by atoms with Gasteiger partial charge in [0.1, 0.15) is 0 Å². The van der Waals surface area contributed by atoms with Gasteiger partial charge in [0.2, 0.25) is 4.77 Å². The fourth-order valence-corrected chi connectivity index (χ4v) is 4.31. The van der Waals surface area contributed by atoms with Crippen molar-refractivity contribution in [3.63, 3.8) is 0 Å². The molecule has 0 amide bonds. The highest BCUT2D eigenvalue weighted by Gasteiger charge is 2.17. The normalized spacial score (nSPS) is 15.4. The maximum absolute atomic E-state index is 5.50. The van der Waals surface area contributed by atoms with Crippen LogP contribution in [-0.4, -0.2) is 52.4 Å². The number of anilines is 1. The van der Waals surface area contributed by atoms with Crippen LogP contribution in [0.25, 0.3) is 11.4 Å². The van der Waals surface area contributed by atoms with Crippen molar-refractivity contribution in [1.29, 1.82) is 0 Å². The number of H-pyrrole nitrogens is 1. The van der Waals surface area contributed by atoms with Gasteiger partial charge in [-0.1, -0.05) is 63.2 Å². The van der Waals surface area contributed by atoms with Crippen LogP contribution in [-0.2, 0) is 12.0 Å². The monoisotopic (exact) mass is 435 g/mol. The Morgan fingerprint density at radius 1 is 0.903 bits per heavy atom. The van der Waals surface area contributed by atoms with E-state index in [-0.39, 0.29) is 5.41 Å². The number of aromatic nitrogens is 3. The van der Waals surface area contributed by atoms with E-state index in [0.29, 0.717) is 4.77 Å². The molecule has 6 heteroatoms. The Hall–Kier alpha value is -2.44. The lowest BCUT2D eigenvalue weighted by atomic mass is 9.87. The van der Waals surface area contributed by atoms with Crippen LogP contribution in [0.5, 0.6) is 0 Å². The number of nitrogens with one attached hydrogen (secondary N) is 1. The zero-order valence-corrected chi connectivity index (χ0v) is 19.7. The molecule has 2 aromatic carbocycles. The van der Waals surface area contributed by atoms with Crippen LogP contribution in [0.2, 0.25) is 0 Å². The number of aryl methyl sites for hydroxylation is 1. The van der Waals surface area contributed by atoms with Gasteiger partial charge >= 0.3 is 0 Å². The van der Waals surface area contributed by atoms with Crippen LogP contribution in [0.15, 0.2) is 54.6 Å². The number of benzene rings is 2. The third-order valence-electron chi connectivity index (χ3n) is 6.05. The van der Waals surface area contributed by atoms with Gasteiger partial charge in [-0.05, 0) is 41.7 Å². The predicted molar refractivity (Wildman–Crippen MR) is 131 cm³/mol. The molecule has 31 heavy (non-hydrogen) atoms. The topological polar surface area (TPSA) is 40.1 Å². The summed E-state index contributed by atoms with van der Waals surface area (Å²) in [6, 6.07) is 19.3. The second-order valence-corrected chi connectivity index (χ2v) is 9.72. The molecule has 164 valence electrons. The lowest BCUT2D eigenvalue weighted by Crippen LogP contribution is -2.46. The first kappa shape index (κ1) is 21.8. The van der Waals surface area contributed by atoms with Crippen LogP contribution in [0.3, 0.4) is 0 Å². The summed E-state index contributed by atoms with van der Waals surface area (Å²) in [5.74, 6) is 0.849. The molecule has 5 nitrogen and oxygen atoms in total. The van der Waals surface area contributed by atoms with E-state index in [1.54, 1.807) is 0 Å². The van der Waals surface area contributed by atoms with Gasteiger partial charge in [0, 0.05) is 50.5 Å². The molecule has 0 bridgehead atoms. The zero-order chi connectivity index (χ0) is 21.8. The number of para-hydroxylation sites is 1. The molecule has 0 unspecified atom stereocenters. The molecule has 1 saturated heterocycles. The van der Waals surface area contributed by atoms with Crippen molar-refractivity contribution in [3.05, 3.63) is 64.9 Å². The number of rotatable bonds is 6. The highest BCUT2D eigenvalue weighted by Crippen LogP contribution is 2.24. The number of hydrogen-bond acceptors (Lipinski definition) is 4. The average Bonchev–Trinajstić information content (AvgIpc) is 3.15. The first-order valence-electron chi connectivity index (χ1n) is 11.2. The molecule has 1 fully saturated rings. The summed E-state index contributed by atoms with van der Waals surface area (Å²) in [7, 11) is 0. The minimum Gasteiger partial charge on any atom is -0.369 e. The van der Waals surface area contributed by atoms with E-state index < -0.39 is 0 Å². The summed E-state index contributed by atoms with van der Waals surface area (Å²) in [5.41, 5.74) is 3.88. The Balaban J connectivity index is 1.28. The van der Waals surface area contributed by atoms with Crippen molar-refractivity contribution < 1.29 is 0 Å². The van der Waals surface area contributed by atoms with Gasteiger partial charge in [0.25, 0.3) is 0 Å². The van der Waals surface area contributed by atoms with E-state index in [0.717, 1.165) is 57.1 Å². The van der Waals surface area contributed by atoms with Gasteiger partial charge in [-0.15, -0.1) is 0 Å². The quantitative estimate of drug-likeness (QED) is 0.546. The molecular weight excluding hydrogens is 402 g/mol. The minimum atomic E-state index is 0.150. The van der Waals surface area contributed by atoms with E-state index in [4.69, 9.17) is 12.2 Å². The highest BCUT2D eigenvalue weighted by molar-refractivity contribution is 7.71. The molecule has 3 aromatic rings. The van der Waals surface area contributed by atoms with E-state index in [1.165, 1.54) is 11.3 Å². The molecule has 0 aliphatic carbocycles. The Labute approximate surface area is 190 Å². The van der Waals surface area contributed by atoms with Gasteiger partial charge in [-0.25, -0.2) is 0 Å². The number of aromatic amines is 1. The van der Waals surface area contributed by atoms with Crippen LogP contribution in [0.1, 0.15) is 32.8 Å². The second kappa shape index (κ2) is 9.37. The second-order valence-electron chi connectivity index (χ2n) is 9.35. The fourth-order valence-electron chi connectivity index (χ4n) is 4.09. The van der Waals surface area contributed by atoms with Crippen LogP contribution in [0, 0.1) is 4.77 Å². The van der Waals surface area contributed by atoms with E-state index in [2.05, 4.69) is 95.3 Å². The Kier molecular flexibility index (Phi) is 6.58. The van der Waals surface area contributed by atoms with Gasteiger partial charge in [-0.3, -0.25) is 14.7 Å². The molecule has 0 atom stereocenters. The molecule has 0 radical (unpaired) electrons. The number of piperazine rings is 1. The van der Waals surface area contributed by atoms with Gasteiger partial charge in [-0.2, -0.15) is 4.98 Å². The van der Waals surface area contributed by atoms with E-state index in [1.807, 2.05) is 4.68 Å². The predicted octanol–water partition coefficient (Wildman–Crippen LogP) is 5.12. The zero-order valence-electron chi connectivity index (χ0n) is 18.8. The Morgan fingerprint density at radius 2 is 1.58 bits per heavy atom. The van der Waals surface area contributed by atoms with Crippen LogP contribution in [0.4, 0.5) is 5.69 Å². The summed E-state index contributed by atoms with van der Waals surface area (Å²) in [6.45, 7) is 13.0. The van der Waals surface area contributed by atoms with E-state index in [9.17, 15) is 0 Å². The molecule has 0 saturated carbocycles. The van der Waals surface area contributed by atoms with Crippen LogP contribution < -0.4 is 4.90 Å². The molecule has 2 heterocycles. The van der Waals surface area contributed by atoms with Gasteiger partial charge in [0.15, 0.2) is 5.82 Å². The summed E-state index contributed by atoms with van der Waals surface area (Å²) >= 11 is 5.50. The van der Waals surface area contributed by atoms with Gasteiger partial charge < -0.3 is 4.90 Å². The van der Waals surface area contributed by atoms with Crippen molar-refractivity contribution in [2.45, 2.75) is 39.2 Å². The molecule has 1 aromatic heterocycles. The van der Waals surface area contributed by atoms with Crippen molar-refractivity contribution >= 4 is 17.9 Å². The summed E-state index contributed by atoms with van der Waals surface area (Å²) in [6.07, 6.45) is 1.06. The maximum Gasteiger partial charge on any atom is 0.216 e. The summed E-state index contributed by atoms with van der Waals surface area (Å²) in [5, 5.41) is 3.40. The first-order chi connectivity index (χ1) is 14.9. The van der Waals surface area contributed by atoms with Crippen molar-refractivity contribution in [2.24, 2.45) is 0 Å². The lowest BCUT2D eigenvalue weighted by molar-refractivity contribution is 0.249. The first-order valence-corrected chi connectivity index (χ1v) is 11.6. The van der Waals surface area contributed by atoms with Crippen molar-refractivity contribution in [2.75, 3.05) is 37.6 Å². The number of nitrogens with zero attached hydrogens (tertiary/aromatic N) is 4. The van der Waals surface area contributed by atoms with Crippen molar-refractivity contribution in [1.82, 2.24) is 19.7 Å². The molecule has 1 N–H and O–H groups in total. The third-order valence-corrected chi connectivity index (χ3v) is 6.36. The lowest BCUT2D eigenvalue weighted by Gasteiger charge is -2.36. The smallest absolute Gasteiger partial charge is 0.216 e. The maximum atomic E-state index is 5.50. The molecule has 1 aliphatic rings. The standard InChI is InChI=1S/C25H33N5S/c1-25(2,3)21-12-10-20(11-13-21)23-26-24(31)30(27-23)15-7-14-28-16-18-29(19-17-28)22-8-5-4-6-9-22/h4-6,8-13H,7,14-19H2,1-3H3,(H,26,27,31). The number of hydrogen-bond donors (Lipinski definition) is 1. The summed E-state index contributed by atoms with van der Waals surface area (Å²) in [4.78, 5) is 9.60. The minimum absolute atomic E-state index is 0.150. The molecule has 4 rings (SSSR count). The fraction of sp³-hybridized carbons (Fsp3) is 0.440.